The predicted octanol–water partition coefficient (Wildman–Crippen LogP) is 24.1. The molecule has 2 spiro atoms. The number of rotatable bonds is 8. The molecule has 0 unspecified atom stereocenters. The molecule has 2 aliphatic carbocycles. The van der Waals surface area contributed by atoms with E-state index in [9.17, 15) is 0 Å². The zero-order chi connectivity index (χ0) is 77.3. The standard InChI is InChI=1S/C47H28N4O.C38H30BNO3.C15H10ClN3/c1-48-35-18-12-17-32(27-35)33-23-25-36-37-26-24-34(46-50-44(30-13-4-2-5-14-30)49-45(51-46)31-15-6-3-7-16-31)29-41(37)47(40(36)28-33)38-19-8-10-21-42(38)52-43-22-11-9-20-39(43)47;1-36(2)37(3,4)43-39(42-36)26-18-20-29-28-19-17-25(24-11-10-12-27(21-24)40-5)22-32(28)38(33(29)23-26)30-13-6-8-15-34(30)41-35-16-9-7-14-31(35)38;16-15-18-13(11-7-3-1-4-8-11)17-14(19-15)12-9-5-2-6-10-12/h2-29H;6-23H,1-4H3;1-10H. The SMILES string of the molecule is Clc1nc(-c2ccccc2)nc(-c2ccccc2)n1.[C-]#[N+]c1cccc(-c2ccc3c(c2)C2(c4ccccc4Oc4ccccc42)c2cc(-c4nc(-c5ccccc5)nc(-c5ccccc5)n4)ccc2-3)c1.[C-]#[N+]c1cccc(-c2ccc3c(c2)C2(c4ccccc4Oc4ccccc42)c2cc(B4OC(C)(C)C(C)(C)O4)ccc2-3)c1. The van der Waals surface area contributed by atoms with E-state index in [0.717, 1.165) is 117 Å². The summed E-state index contributed by atoms with van der Waals surface area (Å²) in [6.45, 7) is 23.6. The molecule has 5 heterocycles. The maximum Gasteiger partial charge on any atom is 0.494 e. The molecule has 0 atom stereocenters. The van der Waals surface area contributed by atoms with Gasteiger partial charge in [-0.25, -0.2) is 29.6 Å². The number of fused-ring (bicyclic) bond motifs is 18. The van der Waals surface area contributed by atoms with Crippen LogP contribution in [0.1, 0.15) is 72.2 Å². The maximum atomic E-state index is 7.64. The molecule has 1 saturated heterocycles. The first-order valence-electron chi connectivity index (χ1n) is 37.8. The van der Waals surface area contributed by atoms with Gasteiger partial charge in [-0.1, -0.05) is 285 Å². The Morgan fingerprint density at radius 3 is 0.912 bits per heavy atom. The molecule has 0 saturated carbocycles. The highest BCUT2D eigenvalue weighted by Crippen LogP contribution is 2.65. The Balaban J connectivity index is 0.000000126. The van der Waals surface area contributed by atoms with Gasteiger partial charge in [0.15, 0.2) is 40.5 Å². The minimum atomic E-state index is -0.697. The topological polar surface area (TPSA) is 123 Å². The van der Waals surface area contributed by atoms with Crippen molar-refractivity contribution in [1.82, 2.24) is 29.9 Å². The quantitative estimate of drug-likeness (QED) is 0.107. The minimum Gasteiger partial charge on any atom is -0.457 e. The molecule has 0 N–H and O–H groups in total. The molecule has 0 bridgehead atoms. The Morgan fingerprint density at radius 2 is 0.553 bits per heavy atom. The number of hydrogen-bond donors (Lipinski definition) is 0. The average molecular weight is 1490 g/mol. The fraction of sp³-hybridized carbons (Fsp3) is 0.0800. The highest BCUT2D eigenvalue weighted by Gasteiger charge is 2.56. The molecular formula is C100H68BClN8O4. The smallest absolute Gasteiger partial charge is 0.457 e. The van der Waals surface area contributed by atoms with Crippen molar-refractivity contribution in [1.29, 1.82) is 0 Å². The van der Waals surface area contributed by atoms with Crippen LogP contribution in [0.5, 0.6) is 23.0 Å². The van der Waals surface area contributed by atoms with Crippen LogP contribution in [0, 0.1) is 13.1 Å². The lowest BCUT2D eigenvalue weighted by atomic mass is 9.64. The third-order valence-electron chi connectivity index (χ3n) is 22.7. The van der Waals surface area contributed by atoms with E-state index >= 15 is 0 Å². The minimum absolute atomic E-state index is 0.202. The van der Waals surface area contributed by atoms with Crippen molar-refractivity contribution in [2.24, 2.45) is 0 Å². The van der Waals surface area contributed by atoms with Gasteiger partial charge in [0, 0.05) is 50.1 Å². The summed E-state index contributed by atoms with van der Waals surface area (Å²) in [6, 6.07) is 115. The summed E-state index contributed by atoms with van der Waals surface area (Å²) in [4.78, 5) is 35.3. The Labute approximate surface area is 666 Å². The molecule has 14 aromatic carbocycles. The van der Waals surface area contributed by atoms with Crippen molar-refractivity contribution < 1.29 is 18.8 Å². The monoisotopic (exact) mass is 1490 g/mol. The van der Waals surface area contributed by atoms with Gasteiger partial charge in [0.25, 0.3) is 0 Å². The third-order valence-corrected chi connectivity index (χ3v) is 22.8. The van der Waals surface area contributed by atoms with Crippen LogP contribution in [0.25, 0.3) is 111 Å². The molecule has 2 aromatic heterocycles. The zero-order valence-electron chi connectivity index (χ0n) is 62.5. The summed E-state index contributed by atoms with van der Waals surface area (Å²) in [5.41, 5.74) is 22.5. The molecule has 12 nitrogen and oxygen atoms in total. The number of nitrogens with zero attached hydrogens (tertiary/aromatic N) is 8. The van der Waals surface area contributed by atoms with Gasteiger partial charge in [-0.05, 0) is 166 Å². The number of benzene rings is 14. The Kier molecular flexibility index (Phi) is 17.5. The van der Waals surface area contributed by atoms with Gasteiger partial charge in [0.05, 0.1) is 35.2 Å². The van der Waals surface area contributed by atoms with Gasteiger partial charge in [-0.15, -0.1) is 0 Å². The van der Waals surface area contributed by atoms with Crippen molar-refractivity contribution in [2.75, 3.05) is 0 Å². The van der Waals surface area contributed by atoms with Gasteiger partial charge < -0.3 is 18.8 Å². The summed E-state index contributed by atoms with van der Waals surface area (Å²) in [5.74, 6) is 6.35. The van der Waals surface area contributed by atoms with E-state index in [1.165, 1.54) is 27.8 Å². The van der Waals surface area contributed by atoms with E-state index in [2.05, 4.69) is 210 Å². The first-order valence-corrected chi connectivity index (χ1v) is 38.2. The summed E-state index contributed by atoms with van der Waals surface area (Å²) < 4.78 is 26.2. The fourth-order valence-electron chi connectivity index (χ4n) is 16.7. The number of halogens is 1. The average Bonchev–Trinajstić information content (AvgIpc) is 1.51. The molecule has 0 radical (unpaired) electrons. The lowest BCUT2D eigenvalue weighted by molar-refractivity contribution is 0.00578. The molecule has 542 valence electrons. The van der Waals surface area contributed by atoms with Gasteiger partial charge in [-0.2, -0.15) is 9.97 Å². The van der Waals surface area contributed by atoms with Crippen LogP contribution in [-0.2, 0) is 20.1 Å². The van der Waals surface area contributed by atoms with E-state index in [1.54, 1.807) is 0 Å². The molecule has 114 heavy (non-hydrogen) atoms. The first-order chi connectivity index (χ1) is 55.8. The Bertz CT molecular complexity index is 6370. The van der Waals surface area contributed by atoms with E-state index in [4.69, 9.17) is 58.5 Å². The first kappa shape index (κ1) is 70.3. The highest BCUT2D eigenvalue weighted by molar-refractivity contribution is 6.62. The summed E-state index contributed by atoms with van der Waals surface area (Å²) in [7, 11) is -0.478. The second-order valence-electron chi connectivity index (χ2n) is 29.7. The van der Waals surface area contributed by atoms with Crippen LogP contribution in [0.3, 0.4) is 0 Å². The van der Waals surface area contributed by atoms with Crippen molar-refractivity contribution in [3.05, 3.63) is 412 Å². The summed E-state index contributed by atoms with van der Waals surface area (Å²) in [6.07, 6.45) is 0. The van der Waals surface area contributed by atoms with Crippen LogP contribution in [-0.4, -0.2) is 48.2 Å². The molecule has 14 heteroatoms. The van der Waals surface area contributed by atoms with E-state index in [-0.39, 0.29) is 5.28 Å². The second-order valence-corrected chi connectivity index (χ2v) is 30.0. The van der Waals surface area contributed by atoms with Crippen LogP contribution in [0.15, 0.2) is 340 Å². The summed E-state index contributed by atoms with van der Waals surface area (Å²) in [5, 5.41) is 0.202. The molecule has 0 amide bonds. The zero-order valence-corrected chi connectivity index (χ0v) is 63.3. The largest absolute Gasteiger partial charge is 0.494 e. The number of hydrogen-bond acceptors (Lipinski definition) is 10. The third kappa shape index (κ3) is 12.0. The normalized spacial score (nSPS) is 14.3. The molecule has 3 aliphatic heterocycles. The lowest BCUT2D eigenvalue weighted by Crippen LogP contribution is -2.41. The van der Waals surface area contributed by atoms with Gasteiger partial charge in [0.2, 0.25) is 5.28 Å². The maximum absolute atomic E-state index is 7.64. The van der Waals surface area contributed by atoms with Crippen molar-refractivity contribution in [3.63, 3.8) is 0 Å². The number of aromatic nitrogens is 6. The van der Waals surface area contributed by atoms with Crippen LogP contribution >= 0.6 is 11.6 Å². The predicted molar refractivity (Wildman–Crippen MR) is 452 cm³/mol. The number of para-hydroxylation sites is 4. The molecule has 16 aromatic rings. The van der Waals surface area contributed by atoms with E-state index < -0.39 is 29.2 Å². The molecule has 21 rings (SSSR count). The van der Waals surface area contributed by atoms with Gasteiger partial charge >= 0.3 is 7.12 Å². The van der Waals surface area contributed by atoms with Crippen molar-refractivity contribution in [3.8, 4) is 124 Å². The van der Waals surface area contributed by atoms with Crippen molar-refractivity contribution in [2.45, 2.75) is 49.7 Å². The van der Waals surface area contributed by atoms with Gasteiger partial charge in [-0.3, -0.25) is 0 Å². The molecular weight excluding hydrogens is 1420 g/mol. The second kappa shape index (κ2) is 28.4. The Morgan fingerprint density at radius 1 is 0.272 bits per heavy atom. The molecule has 5 aliphatic rings. The molecule has 1 fully saturated rings. The highest BCUT2D eigenvalue weighted by atomic mass is 35.5. The van der Waals surface area contributed by atoms with Crippen LogP contribution in [0.4, 0.5) is 11.4 Å². The van der Waals surface area contributed by atoms with Crippen LogP contribution in [0.2, 0.25) is 5.28 Å². The lowest BCUT2D eigenvalue weighted by Gasteiger charge is -2.39. The Hall–Kier alpha value is -14.0. The summed E-state index contributed by atoms with van der Waals surface area (Å²) >= 11 is 5.99. The van der Waals surface area contributed by atoms with Crippen molar-refractivity contribution >= 4 is 35.6 Å². The van der Waals surface area contributed by atoms with E-state index in [1.807, 2.05) is 182 Å². The van der Waals surface area contributed by atoms with E-state index in [0.29, 0.717) is 40.5 Å². The fourth-order valence-corrected chi connectivity index (χ4v) is 16.8. The van der Waals surface area contributed by atoms with Crippen LogP contribution < -0.4 is 14.9 Å². The van der Waals surface area contributed by atoms with Gasteiger partial charge in [0.1, 0.15) is 23.0 Å². The number of ether oxygens (including phenoxy) is 2.